The van der Waals surface area contributed by atoms with E-state index in [0.29, 0.717) is 18.5 Å². The van der Waals surface area contributed by atoms with E-state index >= 15 is 0 Å². The maximum atomic E-state index is 11.6. The summed E-state index contributed by atoms with van der Waals surface area (Å²) in [4.78, 5) is 11.6. The topological polar surface area (TPSA) is 78.9 Å². The minimum atomic E-state index is -0.222. The van der Waals surface area contributed by atoms with Crippen molar-refractivity contribution in [3.63, 3.8) is 0 Å². The number of nitrogens with zero attached hydrogens (tertiary/aromatic N) is 1. The number of hydrogen-bond acceptors (Lipinski definition) is 3. The third kappa shape index (κ3) is 3.08. The second-order valence-corrected chi connectivity index (χ2v) is 3.04. The number of nitrogens with one attached hydrogen (secondary N) is 1. The Labute approximate surface area is 88.7 Å². The van der Waals surface area contributed by atoms with Gasteiger partial charge in [0.2, 0.25) is 0 Å². The minimum absolute atomic E-state index is 0.0236. The van der Waals surface area contributed by atoms with Crippen LogP contribution in [0.3, 0.4) is 0 Å². The second-order valence-electron chi connectivity index (χ2n) is 3.04. The fourth-order valence-corrected chi connectivity index (χ4v) is 1.33. The lowest BCUT2D eigenvalue weighted by molar-refractivity contribution is 0.0957. The van der Waals surface area contributed by atoms with Gasteiger partial charge < -0.3 is 11.1 Å². The molecule has 1 rings (SSSR count). The maximum absolute atomic E-state index is 11.6. The maximum Gasteiger partial charge on any atom is 0.252 e. The predicted octanol–water partition coefficient (Wildman–Crippen LogP) is 0.441. The smallest absolute Gasteiger partial charge is 0.252 e. The zero-order chi connectivity index (χ0) is 11.1. The third-order valence-corrected chi connectivity index (χ3v) is 2.00. The first-order valence-electron chi connectivity index (χ1n) is 4.72. The van der Waals surface area contributed by atoms with Crippen LogP contribution in [-0.4, -0.2) is 19.0 Å². The lowest BCUT2D eigenvalue weighted by Gasteiger charge is -2.07. The summed E-state index contributed by atoms with van der Waals surface area (Å²) in [7, 11) is 0. The van der Waals surface area contributed by atoms with Gasteiger partial charge in [0, 0.05) is 5.56 Å². The van der Waals surface area contributed by atoms with Gasteiger partial charge in [-0.2, -0.15) is 5.26 Å². The molecular weight excluding hydrogens is 190 g/mol. The van der Waals surface area contributed by atoms with Gasteiger partial charge in [-0.1, -0.05) is 18.2 Å². The van der Waals surface area contributed by atoms with Crippen molar-refractivity contribution in [2.75, 3.05) is 13.1 Å². The molecular formula is C11H13N3O. The van der Waals surface area contributed by atoms with Crippen molar-refractivity contribution in [1.82, 2.24) is 5.32 Å². The van der Waals surface area contributed by atoms with Crippen LogP contribution in [0.2, 0.25) is 0 Å². The molecule has 0 spiro atoms. The summed E-state index contributed by atoms with van der Waals surface area (Å²) in [6.07, 6.45) is 0.663. The van der Waals surface area contributed by atoms with Gasteiger partial charge in [-0.15, -0.1) is 0 Å². The third-order valence-electron chi connectivity index (χ3n) is 2.00. The van der Waals surface area contributed by atoms with Gasteiger partial charge in [0.1, 0.15) is 6.54 Å². The van der Waals surface area contributed by atoms with Crippen LogP contribution in [0.4, 0.5) is 0 Å². The van der Waals surface area contributed by atoms with Gasteiger partial charge in [-0.3, -0.25) is 4.79 Å². The van der Waals surface area contributed by atoms with Gasteiger partial charge in [-0.05, 0) is 24.6 Å². The molecule has 1 aromatic rings. The molecule has 15 heavy (non-hydrogen) atoms. The Morgan fingerprint density at radius 2 is 2.20 bits per heavy atom. The summed E-state index contributed by atoms with van der Waals surface area (Å²) in [5, 5.41) is 10.9. The molecule has 0 saturated heterocycles. The molecule has 0 unspecified atom stereocenters. The molecule has 1 amide bonds. The fraction of sp³-hybridized carbons (Fsp3) is 0.273. The Bertz CT molecular complexity index is 382. The van der Waals surface area contributed by atoms with Crippen molar-refractivity contribution < 1.29 is 4.79 Å². The van der Waals surface area contributed by atoms with Crippen LogP contribution in [0.15, 0.2) is 24.3 Å². The standard InChI is InChI=1S/C11H13N3O/c12-6-5-9-3-1-2-4-10(9)11(15)14-8-7-13/h1-4H,5-6,8,12H2,(H,14,15). The SMILES string of the molecule is N#CCNC(=O)c1ccccc1CCN. The van der Waals surface area contributed by atoms with Gasteiger partial charge in [-0.25, -0.2) is 0 Å². The number of amides is 1. The molecule has 0 heterocycles. The van der Waals surface area contributed by atoms with Crippen LogP contribution in [0.5, 0.6) is 0 Å². The van der Waals surface area contributed by atoms with E-state index in [0.717, 1.165) is 5.56 Å². The van der Waals surface area contributed by atoms with Crippen LogP contribution >= 0.6 is 0 Å². The molecule has 0 bridgehead atoms. The van der Waals surface area contributed by atoms with E-state index in [-0.39, 0.29) is 12.5 Å². The number of nitrogens with two attached hydrogens (primary N) is 1. The molecule has 0 aliphatic carbocycles. The molecule has 0 fully saturated rings. The molecule has 0 aromatic heterocycles. The van der Waals surface area contributed by atoms with Crippen molar-refractivity contribution in [3.8, 4) is 6.07 Å². The summed E-state index contributed by atoms with van der Waals surface area (Å²) in [6, 6.07) is 9.13. The highest BCUT2D eigenvalue weighted by atomic mass is 16.1. The average Bonchev–Trinajstić information content (AvgIpc) is 2.27. The molecule has 78 valence electrons. The number of rotatable bonds is 4. The quantitative estimate of drug-likeness (QED) is 0.697. The number of hydrogen-bond donors (Lipinski definition) is 2. The summed E-state index contributed by atoms with van der Waals surface area (Å²) < 4.78 is 0. The minimum Gasteiger partial charge on any atom is -0.339 e. The number of carbonyl (C=O) groups is 1. The highest BCUT2D eigenvalue weighted by Gasteiger charge is 2.08. The van der Waals surface area contributed by atoms with Crippen molar-refractivity contribution in [1.29, 1.82) is 5.26 Å². The van der Waals surface area contributed by atoms with Crippen molar-refractivity contribution in [3.05, 3.63) is 35.4 Å². The second kappa shape index (κ2) is 5.78. The Morgan fingerprint density at radius 3 is 2.87 bits per heavy atom. The van der Waals surface area contributed by atoms with Gasteiger partial charge in [0.25, 0.3) is 5.91 Å². The monoisotopic (exact) mass is 203 g/mol. The van der Waals surface area contributed by atoms with Crippen LogP contribution in [-0.2, 0) is 6.42 Å². The Kier molecular flexibility index (Phi) is 4.32. The first-order valence-corrected chi connectivity index (χ1v) is 4.72. The van der Waals surface area contributed by atoms with Crippen LogP contribution in [0.1, 0.15) is 15.9 Å². The van der Waals surface area contributed by atoms with E-state index in [9.17, 15) is 4.79 Å². The highest BCUT2D eigenvalue weighted by Crippen LogP contribution is 2.08. The lowest BCUT2D eigenvalue weighted by atomic mass is 10.0. The highest BCUT2D eigenvalue weighted by molar-refractivity contribution is 5.95. The first kappa shape index (κ1) is 11.2. The van der Waals surface area contributed by atoms with E-state index in [4.69, 9.17) is 11.0 Å². The molecule has 1 aromatic carbocycles. The number of benzene rings is 1. The molecule has 0 radical (unpaired) electrons. The van der Waals surface area contributed by atoms with E-state index < -0.39 is 0 Å². The predicted molar refractivity (Wildman–Crippen MR) is 57.1 cm³/mol. The molecule has 4 heteroatoms. The average molecular weight is 203 g/mol. The van der Waals surface area contributed by atoms with E-state index in [1.165, 1.54) is 0 Å². The van der Waals surface area contributed by atoms with Crippen LogP contribution in [0.25, 0.3) is 0 Å². The zero-order valence-electron chi connectivity index (χ0n) is 8.36. The van der Waals surface area contributed by atoms with Gasteiger partial charge in [0.15, 0.2) is 0 Å². The largest absolute Gasteiger partial charge is 0.339 e. The summed E-state index contributed by atoms with van der Waals surface area (Å²) in [5.74, 6) is -0.222. The van der Waals surface area contributed by atoms with Crippen molar-refractivity contribution in [2.24, 2.45) is 5.73 Å². The fourth-order valence-electron chi connectivity index (χ4n) is 1.33. The van der Waals surface area contributed by atoms with E-state index in [1.54, 1.807) is 12.1 Å². The molecule has 4 nitrogen and oxygen atoms in total. The van der Waals surface area contributed by atoms with Gasteiger partial charge >= 0.3 is 0 Å². The molecule has 3 N–H and O–H groups in total. The van der Waals surface area contributed by atoms with Crippen molar-refractivity contribution in [2.45, 2.75) is 6.42 Å². The lowest BCUT2D eigenvalue weighted by Crippen LogP contribution is -2.25. The first-order chi connectivity index (χ1) is 7.29. The van der Waals surface area contributed by atoms with E-state index in [1.807, 2.05) is 18.2 Å². The molecule has 0 saturated carbocycles. The summed E-state index contributed by atoms with van der Waals surface area (Å²) in [6.45, 7) is 0.526. The van der Waals surface area contributed by atoms with Gasteiger partial charge in [0.05, 0.1) is 6.07 Å². The summed E-state index contributed by atoms with van der Waals surface area (Å²) >= 11 is 0. The van der Waals surface area contributed by atoms with Crippen LogP contribution < -0.4 is 11.1 Å². The molecule has 0 atom stereocenters. The van der Waals surface area contributed by atoms with Crippen LogP contribution in [0, 0.1) is 11.3 Å². The zero-order valence-corrected chi connectivity index (χ0v) is 8.36. The summed E-state index contributed by atoms with van der Waals surface area (Å²) in [5.41, 5.74) is 6.95. The Hall–Kier alpha value is -1.86. The molecule has 0 aliphatic rings. The Morgan fingerprint density at radius 1 is 1.47 bits per heavy atom. The molecule has 0 aliphatic heterocycles. The van der Waals surface area contributed by atoms with E-state index in [2.05, 4.69) is 5.32 Å². The number of nitriles is 1. The van der Waals surface area contributed by atoms with Crippen molar-refractivity contribution >= 4 is 5.91 Å². The Balaban J connectivity index is 2.83. The normalized spacial score (nSPS) is 9.33. The number of carbonyl (C=O) groups excluding carboxylic acids is 1.